The summed E-state index contributed by atoms with van der Waals surface area (Å²) in [5.74, 6) is 5.77. The van der Waals surface area contributed by atoms with Crippen LogP contribution in [0.25, 0.3) is 0 Å². The van der Waals surface area contributed by atoms with Crippen molar-refractivity contribution < 1.29 is 9.90 Å². The Hall–Kier alpha value is -1.04. The lowest BCUT2D eigenvalue weighted by Gasteiger charge is -2.53. The predicted octanol–water partition coefficient (Wildman–Crippen LogP) is 4.47. The first-order chi connectivity index (χ1) is 12.0. The number of halogens is 1. The molecule has 1 N–H and O–H groups in total. The van der Waals surface area contributed by atoms with Gasteiger partial charge in [0.15, 0.2) is 5.78 Å². The first-order valence-corrected chi connectivity index (χ1v) is 10.1. The minimum Gasteiger partial charge on any atom is -0.388 e. The molecule has 0 aromatic rings. The van der Waals surface area contributed by atoms with E-state index in [0.29, 0.717) is 29.5 Å². The van der Waals surface area contributed by atoms with Crippen molar-refractivity contribution in [1.82, 2.24) is 0 Å². The zero-order chi connectivity index (χ0) is 17.8. The summed E-state index contributed by atoms with van der Waals surface area (Å²) in [6.07, 6.45) is 9.86. The van der Waals surface area contributed by atoms with Crippen LogP contribution in [0, 0.1) is 46.3 Å². The molecule has 4 aliphatic rings. The Morgan fingerprint density at radius 3 is 2.92 bits per heavy atom. The molecule has 25 heavy (non-hydrogen) atoms. The maximum Gasteiger partial charge on any atom is 0.158 e. The van der Waals surface area contributed by atoms with Gasteiger partial charge in [0.2, 0.25) is 0 Å². The molecule has 0 aromatic carbocycles. The fraction of sp³-hybridized carbons (Fsp3) is 0.682. The Morgan fingerprint density at radius 2 is 2.16 bits per heavy atom. The van der Waals surface area contributed by atoms with Gasteiger partial charge in [0.05, 0.1) is 6.10 Å². The molecule has 7 atom stereocenters. The number of allylic oxidation sites excluding steroid dienone is 2. The Morgan fingerprint density at radius 1 is 1.36 bits per heavy atom. The van der Waals surface area contributed by atoms with Crippen LogP contribution < -0.4 is 0 Å². The molecule has 0 aromatic heterocycles. The maximum absolute atomic E-state index is 12.1. The van der Waals surface area contributed by atoms with Crippen molar-refractivity contribution in [3.63, 3.8) is 0 Å². The van der Waals surface area contributed by atoms with Gasteiger partial charge in [0, 0.05) is 16.7 Å². The van der Waals surface area contributed by atoms with E-state index >= 15 is 0 Å². The van der Waals surface area contributed by atoms with Gasteiger partial charge >= 0.3 is 0 Å². The number of hydrogen-bond acceptors (Lipinski definition) is 2. The van der Waals surface area contributed by atoms with E-state index in [1.54, 1.807) is 0 Å². The number of carbonyl (C=O) groups is 1. The highest BCUT2D eigenvalue weighted by Gasteiger charge is 2.57. The van der Waals surface area contributed by atoms with E-state index in [0.717, 1.165) is 37.7 Å². The van der Waals surface area contributed by atoms with Crippen LogP contribution in [0.5, 0.6) is 0 Å². The summed E-state index contributed by atoms with van der Waals surface area (Å²) in [5.41, 5.74) is 2.45. The van der Waals surface area contributed by atoms with Crippen LogP contribution in [-0.2, 0) is 4.79 Å². The van der Waals surface area contributed by atoms with Crippen molar-refractivity contribution >= 4 is 17.4 Å². The lowest BCUT2D eigenvalue weighted by atomic mass is 9.51. The van der Waals surface area contributed by atoms with Crippen LogP contribution in [0.3, 0.4) is 0 Å². The number of aliphatic hydroxyl groups excluding tert-OH is 1. The van der Waals surface area contributed by atoms with Crippen molar-refractivity contribution in [3.8, 4) is 11.3 Å². The lowest BCUT2D eigenvalue weighted by molar-refractivity contribution is -0.119. The average Bonchev–Trinajstić information content (AvgIpc) is 2.85. The molecule has 1 unspecified atom stereocenters. The molecule has 0 heterocycles. The van der Waals surface area contributed by atoms with E-state index in [1.807, 2.05) is 12.2 Å². The maximum atomic E-state index is 12.1. The van der Waals surface area contributed by atoms with E-state index in [1.165, 1.54) is 12.0 Å². The second-order valence-corrected chi connectivity index (χ2v) is 9.14. The number of ketones is 1. The summed E-state index contributed by atoms with van der Waals surface area (Å²) < 4.78 is 0. The molecular formula is C22H27ClO2. The molecule has 2 nitrogen and oxygen atoms in total. The second kappa shape index (κ2) is 6.29. The van der Waals surface area contributed by atoms with Gasteiger partial charge in [-0.25, -0.2) is 0 Å². The molecule has 3 saturated carbocycles. The zero-order valence-corrected chi connectivity index (χ0v) is 15.9. The molecule has 0 spiro atoms. The molecule has 3 fully saturated rings. The number of carbonyl (C=O) groups excluding carboxylic acids is 1. The third kappa shape index (κ3) is 2.63. The molecule has 134 valence electrons. The van der Waals surface area contributed by atoms with Crippen LogP contribution in [0.15, 0.2) is 23.3 Å². The third-order valence-corrected chi connectivity index (χ3v) is 7.96. The monoisotopic (exact) mass is 358 g/mol. The summed E-state index contributed by atoms with van der Waals surface area (Å²) in [4.78, 5) is 12.1. The van der Waals surface area contributed by atoms with Crippen molar-refractivity contribution in [2.24, 2.45) is 35.0 Å². The Balaban J connectivity index is 1.64. The topological polar surface area (TPSA) is 37.3 Å². The largest absolute Gasteiger partial charge is 0.388 e. The van der Waals surface area contributed by atoms with Crippen molar-refractivity contribution in [2.75, 3.05) is 0 Å². The molecular weight excluding hydrogens is 332 g/mol. The third-order valence-electron chi connectivity index (χ3n) is 7.85. The lowest BCUT2D eigenvalue weighted by Crippen LogP contribution is -2.48. The zero-order valence-electron chi connectivity index (χ0n) is 15.1. The van der Waals surface area contributed by atoms with E-state index < -0.39 is 0 Å². The van der Waals surface area contributed by atoms with Crippen molar-refractivity contribution in [1.29, 1.82) is 0 Å². The van der Waals surface area contributed by atoms with E-state index in [-0.39, 0.29) is 17.4 Å². The number of hydrogen-bond donors (Lipinski definition) is 1. The average molecular weight is 359 g/mol. The minimum absolute atomic E-state index is 0.0295. The van der Waals surface area contributed by atoms with E-state index in [4.69, 9.17) is 11.6 Å². The van der Waals surface area contributed by atoms with Gasteiger partial charge in [-0.05, 0) is 91.5 Å². The standard InChI is InChI=1S/C22H27ClO2/c1-13-10-18-14(12-20(13)24)5-6-17-16(18)7-8-22(2)19(17)11-15(21(22)25)4-3-9-23/h4,12-13,16-19,21,25H,5-8,10-11H2,1-2H3/t13?,16-,17+,18-,19-,21-,22-/m0/s1. The fourth-order valence-electron chi connectivity index (χ4n) is 6.47. The number of aliphatic hydroxyl groups is 1. The first-order valence-electron chi connectivity index (χ1n) is 9.68. The van der Waals surface area contributed by atoms with Crippen molar-refractivity contribution in [3.05, 3.63) is 23.3 Å². The Labute approximate surface area is 155 Å². The summed E-state index contributed by atoms with van der Waals surface area (Å²) >= 11 is 5.51. The minimum atomic E-state index is -0.389. The van der Waals surface area contributed by atoms with Crippen molar-refractivity contribution in [2.45, 2.75) is 58.5 Å². The predicted molar refractivity (Wildman–Crippen MR) is 99.7 cm³/mol. The van der Waals surface area contributed by atoms with Crippen LogP contribution >= 0.6 is 11.6 Å². The summed E-state index contributed by atoms with van der Waals surface area (Å²) in [5, 5.41) is 13.3. The summed E-state index contributed by atoms with van der Waals surface area (Å²) in [6, 6.07) is 0. The Kier molecular flexibility index (Phi) is 4.37. The normalized spacial score (nSPS) is 47.3. The first kappa shape index (κ1) is 17.4. The second-order valence-electron chi connectivity index (χ2n) is 8.95. The van der Waals surface area contributed by atoms with Crippen LogP contribution in [0.2, 0.25) is 0 Å². The molecule has 0 aliphatic heterocycles. The molecule has 4 aliphatic carbocycles. The Bertz CT molecular complexity index is 709. The molecule has 0 saturated heterocycles. The SMILES string of the molecule is CC1C[C@H]2C(=CC1=O)CC[C@@H]1[C@@H]2CC[C@]2(C)[C@@H](O)C(=CC#CCl)C[C@@H]12. The molecule has 0 radical (unpaired) electrons. The van der Waals surface area contributed by atoms with Gasteiger partial charge in [-0.1, -0.05) is 25.3 Å². The summed E-state index contributed by atoms with van der Waals surface area (Å²) in [7, 11) is 0. The van der Waals surface area contributed by atoms with Crippen LogP contribution in [0.1, 0.15) is 52.4 Å². The van der Waals surface area contributed by atoms with Crippen LogP contribution in [0.4, 0.5) is 0 Å². The van der Waals surface area contributed by atoms with Gasteiger partial charge in [0.25, 0.3) is 0 Å². The molecule has 3 heteroatoms. The highest BCUT2D eigenvalue weighted by molar-refractivity contribution is 6.30. The molecule has 4 rings (SSSR count). The van der Waals surface area contributed by atoms with E-state index in [2.05, 4.69) is 25.1 Å². The molecule has 0 bridgehead atoms. The van der Waals surface area contributed by atoms with Gasteiger partial charge in [-0.3, -0.25) is 4.79 Å². The number of fused-ring (bicyclic) bond motifs is 5. The highest BCUT2D eigenvalue weighted by Crippen LogP contribution is 2.63. The number of rotatable bonds is 0. The van der Waals surface area contributed by atoms with Crippen LogP contribution in [-0.4, -0.2) is 17.0 Å². The fourth-order valence-corrected chi connectivity index (χ4v) is 6.53. The van der Waals surface area contributed by atoms with E-state index in [9.17, 15) is 9.90 Å². The quantitative estimate of drug-likeness (QED) is 0.648. The van der Waals surface area contributed by atoms with Gasteiger partial charge in [-0.15, -0.1) is 0 Å². The summed E-state index contributed by atoms with van der Waals surface area (Å²) in [6.45, 7) is 4.35. The highest BCUT2D eigenvalue weighted by atomic mass is 35.5. The van der Waals surface area contributed by atoms with Gasteiger partial charge < -0.3 is 5.11 Å². The smallest absolute Gasteiger partial charge is 0.158 e. The van der Waals surface area contributed by atoms with Gasteiger partial charge in [0.1, 0.15) is 0 Å². The molecule has 0 amide bonds. The van der Waals surface area contributed by atoms with Gasteiger partial charge in [-0.2, -0.15) is 0 Å².